The van der Waals surface area contributed by atoms with Crippen molar-refractivity contribution in [3.05, 3.63) is 28.5 Å². The molecule has 1 aromatic carbocycles. The van der Waals surface area contributed by atoms with E-state index in [-0.39, 0.29) is 24.2 Å². The number of amides is 1. The molecular formula is C12H16BrFN2O. The van der Waals surface area contributed by atoms with Crippen LogP contribution in [0, 0.1) is 5.82 Å². The van der Waals surface area contributed by atoms with E-state index in [2.05, 4.69) is 26.6 Å². The van der Waals surface area contributed by atoms with E-state index in [1.165, 1.54) is 12.1 Å². The summed E-state index contributed by atoms with van der Waals surface area (Å²) in [4.78, 5) is 11.5. The molecule has 0 fully saturated rings. The van der Waals surface area contributed by atoms with Crippen LogP contribution in [0.2, 0.25) is 0 Å². The SMILES string of the molecule is CCC(C)NCC(=O)Nc1ccc(Br)cc1F. The van der Waals surface area contributed by atoms with Crippen LogP contribution in [-0.4, -0.2) is 18.5 Å². The van der Waals surface area contributed by atoms with Crippen LogP contribution in [0.5, 0.6) is 0 Å². The Labute approximate surface area is 109 Å². The van der Waals surface area contributed by atoms with Gasteiger partial charge in [-0.15, -0.1) is 0 Å². The summed E-state index contributed by atoms with van der Waals surface area (Å²) in [6, 6.07) is 4.80. The number of halogens is 2. The smallest absolute Gasteiger partial charge is 0.238 e. The van der Waals surface area contributed by atoms with Crippen LogP contribution in [0.4, 0.5) is 10.1 Å². The van der Waals surface area contributed by atoms with Gasteiger partial charge in [0.25, 0.3) is 0 Å². The van der Waals surface area contributed by atoms with E-state index in [1.807, 2.05) is 13.8 Å². The minimum absolute atomic E-state index is 0.185. The number of nitrogens with one attached hydrogen (secondary N) is 2. The Kier molecular flexibility index (Phi) is 5.58. The van der Waals surface area contributed by atoms with Crippen molar-refractivity contribution in [3.63, 3.8) is 0 Å². The second kappa shape index (κ2) is 6.71. The summed E-state index contributed by atoms with van der Waals surface area (Å²) in [7, 11) is 0. The van der Waals surface area contributed by atoms with Gasteiger partial charge in [0, 0.05) is 10.5 Å². The van der Waals surface area contributed by atoms with Crippen LogP contribution in [-0.2, 0) is 4.79 Å². The molecule has 2 N–H and O–H groups in total. The zero-order valence-electron chi connectivity index (χ0n) is 9.89. The summed E-state index contributed by atoms with van der Waals surface area (Å²) in [6.07, 6.45) is 0.944. The molecule has 0 bridgehead atoms. The first-order chi connectivity index (χ1) is 8.02. The lowest BCUT2D eigenvalue weighted by atomic mass is 10.2. The van der Waals surface area contributed by atoms with Gasteiger partial charge < -0.3 is 10.6 Å². The van der Waals surface area contributed by atoms with Gasteiger partial charge >= 0.3 is 0 Å². The molecule has 0 aliphatic rings. The van der Waals surface area contributed by atoms with E-state index in [9.17, 15) is 9.18 Å². The first-order valence-electron chi connectivity index (χ1n) is 5.51. The number of anilines is 1. The lowest BCUT2D eigenvalue weighted by Gasteiger charge is -2.11. The summed E-state index contributed by atoms with van der Waals surface area (Å²) < 4.78 is 14.1. The molecule has 1 aromatic rings. The molecule has 0 saturated carbocycles. The highest BCUT2D eigenvalue weighted by Crippen LogP contribution is 2.19. The molecule has 0 saturated heterocycles. The maximum atomic E-state index is 13.4. The van der Waals surface area contributed by atoms with E-state index < -0.39 is 5.82 Å². The molecular weight excluding hydrogens is 287 g/mol. The number of hydrogen-bond donors (Lipinski definition) is 2. The standard InChI is InChI=1S/C12H16BrFN2O/c1-3-8(2)15-7-12(17)16-11-5-4-9(13)6-10(11)14/h4-6,8,15H,3,7H2,1-2H3,(H,16,17). The summed E-state index contributed by atoms with van der Waals surface area (Å²) in [5, 5.41) is 5.56. The summed E-state index contributed by atoms with van der Waals surface area (Å²) in [6.45, 7) is 4.21. The largest absolute Gasteiger partial charge is 0.322 e. The minimum Gasteiger partial charge on any atom is -0.322 e. The van der Waals surface area contributed by atoms with Gasteiger partial charge in [0.15, 0.2) is 0 Å². The number of benzene rings is 1. The third kappa shape index (κ3) is 4.83. The van der Waals surface area contributed by atoms with Crippen molar-refractivity contribution in [1.82, 2.24) is 5.32 Å². The van der Waals surface area contributed by atoms with Gasteiger partial charge in [0.2, 0.25) is 5.91 Å². The molecule has 0 spiro atoms. The molecule has 5 heteroatoms. The average Bonchev–Trinajstić information content (AvgIpc) is 2.29. The van der Waals surface area contributed by atoms with Crippen molar-refractivity contribution in [2.24, 2.45) is 0 Å². The van der Waals surface area contributed by atoms with Gasteiger partial charge in [-0.1, -0.05) is 22.9 Å². The van der Waals surface area contributed by atoms with Crippen molar-refractivity contribution >= 4 is 27.5 Å². The predicted molar refractivity (Wildman–Crippen MR) is 70.5 cm³/mol. The van der Waals surface area contributed by atoms with Crippen LogP contribution >= 0.6 is 15.9 Å². The van der Waals surface area contributed by atoms with E-state index in [1.54, 1.807) is 6.07 Å². The molecule has 1 unspecified atom stereocenters. The van der Waals surface area contributed by atoms with Crippen LogP contribution in [0.15, 0.2) is 22.7 Å². The number of carbonyl (C=O) groups is 1. The number of rotatable bonds is 5. The zero-order valence-corrected chi connectivity index (χ0v) is 11.5. The molecule has 0 aliphatic heterocycles. The second-order valence-corrected chi connectivity index (χ2v) is 4.78. The minimum atomic E-state index is -0.448. The summed E-state index contributed by atoms with van der Waals surface area (Å²) >= 11 is 3.16. The van der Waals surface area contributed by atoms with Gasteiger partial charge in [-0.3, -0.25) is 4.79 Å². The number of hydrogen-bond acceptors (Lipinski definition) is 2. The topological polar surface area (TPSA) is 41.1 Å². The Hall–Kier alpha value is -0.940. The molecule has 1 atom stereocenters. The molecule has 17 heavy (non-hydrogen) atoms. The highest BCUT2D eigenvalue weighted by atomic mass is 79.9. The van der Waals surface area contributed by atoms with Crippen molar-refractivity contribution in [2.75, 3.05) is 11.9 Å². The summed E-state index contributed by atoms with van der Waals surface area (Å²) in [5.41, 5.74) is 0.198. The first kappa shape index (κ1) is 14.1. The van der Waals surface area contributed by atoms with E-state index in [4.69, 9.17) is 0 Å². The van der Waals surface area contributed by atoms with Crippen molar-refractivity contribution in [2.45, 2.75) is 26.3 Å². The Morgan fingerprint density at radius 1 is 1.53 bits per heavy atom. The number of carbonyl (C=O) groups excluding carboxylic acids is 1. The Balaban J connectivity index is 2.50. The molecule has 0 aliphatic carbocycles. The first-order valence-corrected chi connectivity index (χ1v) is 6.30. The molecule has 1 amide bonds. The highest BCUT2D eigenvalue weighted by molar-refractivity contribution is 9.10. The maximum absolute atomic E-state index is 13.4. The van der Waals surface area contributed by atoms with Crippen LogP contribution in [0.3, 0.4) is 0 Å². The zero-order chi connectivity index (χ0) is 12.8. The maximum Gasteiger partial charge on any atom is 0.238 e. The highest BCUT2D eigenvalue weighted by Gasteiger charge is 2.08. The van der Waals surface area contributed by atoms with Gasteiger partial charge in [-0.2, -0.15) is 0 Å². The van der Waals surface area contributed by atoms with Crippen LogP contribution in [0.25, 0.3) is 0 Å². The molecule has 0 heterocycles. The fourth-order valence-corrected chi connectivity index (χ4v) is 1.53. The fourth-order valence-electron chi connectivity index (χ4n) is 1.20. The van der Waals surface area contributed by atoms with Gasteiger partial charge in [0.05, 0.1) is 12.2 Å². The third-order valence-corrected chi connectivity index (χ3v) is 2.92. The molecule has 0 radical (unpaired) electrons. The Bertz CT molecular complexity index is 398. The second-order valence-electron chi connectivity index (χ2n) is 3.86. The van der Waals surface area contributed by atoms with Crippen molar-refractivity contribution < 1.29 is 9.18 Å². The monoisotopic (exact) mass is 302 g/mol. The van der Waals surface area contributed by atoms with Crippen molar-refractivity contribution in [3.8, 4) is 0 Å². The van der Waals surface area contributed by atoms with Crippen LogP contribution in [0.1, 0.15) is 20.3 Å². The Morgan fingerprint density at radius 2 is 2.24 bits per heavy atom. The lowest BCUT2D eigenvalue weighted by Crippen LogP contribution is -2.34. The van der Waals surface area contributed by atoms with Gasteiger partial charge in [-0.05, 0) is 31.5 Å². The molecule has 94 valence electrons. The molecule has 1 rings (SSSR count). The lowest BCUT2D eigenvalue weighted by molar-refractivity contribution is -0.115. The van der Waals surface area contributed by atoms with Gasteiger partial charge in [-0.25, -0.2) is 4.39 Å². The van der Waals surface area contributed by atoms with Crippen molar-refractivity contribution in [1.29, 1.82) is 0 Å². The van der Waals surface area contributed by atoms with Crippen LogP contribution < -0.4 is 10.6 Å². The third-order valence-electron chi connectivity index (χ3n) is 2.43. The van der Waals surface area contributed by atoms with E-state index in [0.29, 0.717) is 4.47 Å². The molecule has 3 nitrogen and oxygen atoms in total. The average molecular weight is 303 g/mol. The normalized spacial score (nSPS) is 12.2. The Morgan fingerprint density at radius 3 is 2.82 bits per heavy atom. The molecule has 0 aromatic heterocycles. The van der Waals surface area contributed by atoms with Gasteiger partial charge in [0.1, 0.15) is 5.82 Å². The fraction of sp³-hybridized carbons (Fsp3) is 0.417. The van der Waals surface area contributed by atoms with E-state index >= 15 is 0 Å². The predicted octanol–water partition coefficient (Wildman–Crippen LogP) is 2.91. The quantitative estimate of drug-likeness (QED) is 0.878. The summed E-state index contributed by atoms with van der Waals surface area (Å²) in [5.74, 6) is -0.692. The van der Waals surface area contributed by atoms with E-state index in [0.717, 1.165) is 6.42 Å².